The van der Waals surface area contributed by atoms with Gasteiger partial charge in [-0.15, -0.1) is 0 Å². The predicted molar refractivity (Wildman–Crippen MR) is 107 cm³/mol. The topological polar surface area (TPSA) is 43.9 Å². The van der Waals surface area contributed by atoms with E-state index in [9.17, 15) is 27.2 Å². The highest BCUT2D eigenvalue weighted by molar-refractivity contribution is 5.92. The standard InChI is InChI=1S/C22H27F4N3O2/c1-14(30)28(16-4-2-15(23)3-5-16)17-8-10-27(11-9-17)20-12-18-6-7-19(13-20)29(18)21(31)22(24,25)26/h2-5,17-20H,6-13H2,1H3. The van der Waals surface area contributed by atoms with Crippen molar-refractivity contribution in [3.05, 3.63) is 30.1 Å². The van der Waals surface area contributed by atoms with Crippen LogP contribution in [0.1, 0.15) is 45.4 Å². The molecule has 0 N–H and O–H groups in total. The minimum absolute atomic E-state index is 0.00262. The van der Waals surface area contributed by atoms with Crippen LogP contribution in [-0.4, -0.2) is 65.0 Å². The third kappa shape index (κ3) is 4.42. The summed E-state index contributed by atoms with van der Waals surface area (Å²) in [5, 5.41) is 0. The zero-order valence-corrected chi connectivity index (χ0v) is 17.4. The molecule has 2 bridgehead atoms. The number of carbonyl (C=O) groups excluding carboxylic acids is 2. The number of piperidine rings is 2. The summed E-state index contributed by atoms with van der Waals surface area (Å²) in [6, 6.07) is 5.36. The van der Waals surface area contributed by atoms with E-state index in [0.29, 0.717) is 31.4 Å². The number of benzene rings is 1. The highest BCUT2D eigenvalue weighted by atomic mass is 19.4. The number of carbonyl (C=O) groups is 2. The summed E-state index contributed by atoms with van der Waals surface area (Å²) in [6.45, 7) is 2.99. The summed E-state index contributed by atoms with van der Waals surface area (Å²) in [7, 11) is 0. The van der Waals surface area contributed by atoms with Crippen molar-refractivity contribution in [2.24, 2.45) is 0 Å². The highest BCUT2D eigenvalue weighted by Crippen LogP contribution is 2.40. The van der Waals surface area contributed by atoms with Crippen LogP contribution in [0.2, 0.25) is 0 Å². The van der Waals surface area contributed by atoms with Gasteiger partial charge in [-0.3, -0.25) is 9.59 Å². The van der Waals surface area contributed by atoms with Gasteiger partial charge in [0.15, 0.2) is 0 Å². The number of amides is 2. The Bertz CT molecular complexity index is 807. The lowest BCUT2D eigenvalue weighted by atomic mass is 9.92. The number of likely N-dealkylation sites (tertiary alicyclic amines) is 1. The number of fused-ring (bicyclic) bond motifs is 2. The molecule has 0 saturated carbocycles. The van der Waals surface area contributed by atoms with E-state index in [2.05, 4.69) is 4.90 Å². The van der Waals surface area contributed by atoms with Crippen LogP contribution in [0.3, 0.4) is 0 Å². The van der Waals surface area contributed by atoms with E-state index in [-0.39, 0.29) is 35.9 Å². The molecule has 1 aromatic rings. The van der Waals surface area contributed by atoms with Crippen molar-refractivity contribution in [2.45, 2.75) is 75.8 Å². The highest BCUT2D eigenvalue weighted by Gasteiger charge is 2.52. The van der Waals surface area contributed by atoms with Gasteiger partial charge in [0.2, 0.25) is 5.91 Å². The van der Waals surface area contributed by atoms with Gasteiger partial charge in [-0.1, -0.05) is 0 Å². The monoisotopic (exact) mass is 441 g/mol. The van der Waals surface area contributed by atoms with Gasteiger partial charge in [-0.05, 0) is 62.8 Å². The molecular formula is C22H27F4N3O2. The van der Waals surface area contributed by atoms with Crippen LogP contribution < -0.4 is 4.90 Å². The third-order valence-corrected chi connectivity index (χ3v) is 7.01. The summed E-state index contributed by atoms with van der Waals surface area (Å²) in [5.41, 5.74) is 0.671. The summed E-state index contributed by atoms with van der Waals surface area (Å²) in [6.07, 6.45) is -0.941. The SMILES string of the molecule is CC(=O)N(c1ccc(F)cc1)C1CCN(C2CC3CCC(C2)N3C(=O)C(F)(F)F)CC1. The fraction of sp³-hybridized carbons (Fsp3) is 0.636. The Kier molecular flexibility index (Phi) is 5.98. The zero-order valence-electron chi connectivity index (χ0n) is 17.4. The summed E-state index contributed by atoms with van der Waals surface area (Å²) < 4.78 is 52.1. The first-order valence-corrected chi connectivity index (χ1v) is 10.8. The second-order valence-corrected chi connectivity index (χ2v) is 8.85. The minimum atomic E-state index is -4.82. The predicted octanol–water partition coefficient (Wildman–Crippen LogP) is 3.73. The molecule has 3 saturated heterocycles. The molecule has 0 radical (unpaired) electrons. The lowest BCUT2D eigenvalue weighted by Crippen LogP contribution is -2.57. The van der Waals surface area contributed by atoms with Crippen molar-refractivity contribution in [1.29, 1.82) is 0 Å². The molecule has 0 spiro atoms. The Labute approximate surface area is 179 Å². The first-order chi connectivity index (χ1) is 14.6. The molecule has 3 aliphatic heterocycles. The molecule has 0 aromatic heterocycles. The first-order valence-electron chi connectivity index (χ1n) is 10.8. The van der Waals surface area contributed by atoms with Gasteiger partial charge in [0.05, 0.1) is 0 Å². The molecule has 0 aliphatic carbocycles. The van der Waals surface area contributed by atoms with Crippen molar-refractivity contribution in [3.8, 4) is 0 Å². The van der Waals surface area contributed by atoms with Gasteiger partial charge >= 0.3 is 12.1 Å². The van der Waals surface area contributed by atoms with E-state index >= 15 is 0 Å². The van der Waals surface area contributed by atoms with Gasteiger partial charge < -0.3 is 14.7 Å². The maximum atomic E-state index is 13.3. The Balaban J connectivity index is 1.38. The van der Waals surface area contributed by atoms with Gasteiger partial charge in [0.1, 0.15) is 5.82 Å². The Morgan fingerprint density at radius 2 is 1.48 bits per heavy atom. The van der Waals surface area contributed by atoms with E-state index in [1.165, 1.54) is 19.1 Å². The maximum absolute atomic E-state index is 13.3. The summed E-state index contributed by atoms with van der Waals surface area (Å²) in [4.78, 5) is 29.2. The van der Waals surface area contributed by atoms with E-state index in [0.717, 1.165) is 30.8 Å². The summed E-state index contributed by atoms with van der Waals surface area (Å²) >= 11 is 0. The van der Waals surface area contributed by atoms with Gasteiger partial charge in [-0.25, -0.2) is 4.39 Å². The first kappa shape index (κ1) is 22.0. The van der Waals surface area contributed by atoms with Gasteiger partial charge in [0.25, 0.3) is 0 Å². The molecule has 3 heterocycles. The Morgan fingerprint density at radius 3 is 1.97 bits per heavy atom. The fourth-order valence-corrected chi connectivity index (χ4v) is 5.69. The quantitative estimate of drug-likeness (QED) is 0.672. The smallest absolute Gasteiger partial charge is 0.329 e. The molecule has 3 fully saturated rings. The average molecular weight is 441 g/mol. The second-order valence-electron chi connectivity index (χ2n) is 8.85. The van der Waals surface area contributed by atoms with Crippen molar-refractivity contribution in [2.75, 3.05) is 18.0 Å². The molecule has 5 nitrogen and oxygen atoms in total. The number of alkyl halides is 3. The Morgan fingerprint density at radius 1 is 0.935 bits per heavy atom. The lowest BCUT2D eigenvalue weighted by Gasteiger charge is -2.46. The molecule has 2 unspecified atom stereocenters. The second kappa shape index (κ2) is 8.41. The Hall–Kier alpha value is -2.16. The van der Waals surface area contributed by atoms with Crippen molar-refractivity contribution in [1.82, 2.24) is 9.80 Å². The lowest BCUT2D eigenvalue weighted by molar-refractivity contribution is -0.190. The molecular weight excluding hydrogens is 414 g/mol. The van der Waals surface area contributed by atoms with Crippen molar-refractivity contribution >= 4 is 17.5 Å². The fourth-order valence-electron chi connectivity index (χ4n) is 5.69. The number of anilines is 1. The largest absolute Gasteiger partial charge is 0.471 e. The number of rotatable bonds is 3. The normalized spacial score (nSPS) is 27.4. The number of halogens is 4. The van der Waals surface area contributed by atoms with E-state index in [4.69, 9.17) is 0 Å². The molecule has 3 aliphatic rings. The van der Waals surface area contributed by atoms with Gasteiger partial charge in [-0.2, -0.15) is 13.2 Å². The maximum Gasteiger partial charge on any atom is 0.471 e. The van der Waals surface area contributed by atoms with Crippen LogP contribution in [0, 0.1) is 5.82 Å². The molecule has 2 atom stereocenters. The summed E-state index contributed by atoms with van der Waals surface area (Å²) in [5.74, 6) is -2.15. The molecule has 1 aromatic carbocycles. The zero-order chi connectivity index (χ0) is 22.3. The number of hydrogen-bond donors (Lipinski definition) is 0. The minimum Gasteiger partial charge on any atom is -0.329 e. The number of nitrogens with zero attached hydrogens (tertiary/aromatic N) is 3. The molecule has 9 heteroatoms. The van der Waals surface area contributed by atoms with E-state index in [1.54, 1.807) is 17.0 Å². The van der Waals surface area contributed by atoms with Crippen LogP contribution in [-0.2, 0) is 9.59 Å². The molecule has 31 heavy (non-hydrogen) atoms. The van der Waals surface area contributed by atoms with Crippen LogP contribution in [0.4, 0.5) is 23.2 Å². The average Bonchev–Trinajstić information content (AvgIpc) is 2.97. The van der Waals surface area contributed by atoms with Crippen molar-refractivity contribution in [3.63, 3.8) is 0 Å². The third-order valence-electron chi connectivity index (χ3n) is 7.01. The van der Waals surface area contributed by atoms with Crippen LogP contribution in [0.15, 0.2) is 24.3 Å². The van der Waals surface area contributed by atoms with E-state index < -0.39 is 12.1 Å². The van der Waals surface area contributed by atoms with Gasteiger partial charge in [0, 0.05) is 49.9 Å². The van der Waals surface area contributed by atoms with Crippen molar-refractivity contribution < 1.29 is 27.2 Å². The number of hydrogen-bond acceptors (Lipinski definition) is 3. The molecule has 4 rings (SSSR count). The van der Waals surface area contributed by atoms with Crippen LogP contribution >= 0.6 is 0 Å². The van der Waals surface area contributed by atoms with E-state index in [1.807, 2.05) is 0 Å². The van der Waals surface area contributed by atoms with Crippen LogP contribution in [0.25, 0.3) is 0 Å². The van der Waals surface area contributed by atoms with Crippen LogP contribution in [0.5, 0.6) is 0 Å². The molecule has 170 valence electrons. The molecule has 2 amide bonds.